The lowest BCUT2D eigenvalue weighted by Crippen LogP contribution is -2.28. The van der Waals surface area contributed by atoms with Crippen LogP contribution in [-0.4, -0.2) is 29.6 Å². The van der Waals surface area contributed by atoms with Gasteiger partial charge in [-0.25, -0.2) is 4.99 Å². The fourth-order valence-corrected chi connectivity index (χ4v) is 4.48. The van der Waals surface area contributed by atoms with Gasteiger partial charge < -0.3 is 9.47 Å². The first-order valence-corrected chi connectivity index (χ1v) is 11.7. The largest absolute Gasteiger partial charge is 0.497 e. The topological polar surface area (TPSA) is 51.1 Å². The van der Waals surface area contributed by atoms with Crippen LogP contribution < -0.4 is 9.47 Å². The van der Waals surface area contributed by atoms with Gasteiger partial charge in [0.05, 0.1) is 17.7 Å². The second kappa shape index (κ2) is 10.6. The molecule has 1 heterocycles. The number of benzene rings is 3. The summed E-state index contributed by atoms with van der Waals surface area (Å²) in [6.45, 7) is 2.88. The van der Waals surface area contributed by atoms with Crippen LogP contribution in [0.1, 0.15) is 18.1 Å². The summed E-state index contributed by atoms with van der Waals surface area (Å²) >= 11 is 7.56. The average Bonchev–Trinajstić information content (AvgIpc) is 3.13. The Labute approximate surface area is 202 Å². The summed E-state index contributed by atoms with van der Waals surface area (Å²) in [5.74, 6) is 1.45. The molecule has 3 aromatic carbocycles. The Morgan fingerprint density at radius 1 is 1.00 bits per heavy atom. The Bertz CT molecular complexity index is 1190. The fourth-order valence-electron chi connectivity index (χ4n) is 3.23. The van der Waals surface area contributed by atoms with Crippen LogP contribution in [-0.2, 0) is 11.4 Å². The maximum atomic E-state index is 12.9. The molecule has 33 heavy (non-hydrogen) atoms. The molecule has 1 aliphatic rings. The first-order chi connectivity index (χ1) is 16.1. The highest BCUT2D eigenvalue weighted by Gasteiger charge is 2.32. The van der Waals surface area contributed by atoms with Crippen molar-refractivity contribution in [3.05, 3.63) is 93.9 Å². The van der Waals surface area contributed by atoms with Crippen LogP contribution in [0.4, 0.5) is 5.69 Å². The number of rotatable bonds is 7. The Balaban J connectivity index is 1.47. The van der Waals surface area contributed by atoms with Crippen LogP contribution in [0.2, 0.25) is 5.02 Å². The summed E-state index contributed by atoms with van der Waals surface area (Å²) in [5, 5.41) is 1.35. The first-order valence-electron chi connectivity index (χ1n) is 10.5. The summed E-state index contributed by atoms with van der Waals surface area (Å²) in [6, 6.07) is 22.7. The van der Waals surface area contributed by atoms with E-state index in [0.29, 0.717) is 28.2 Å². The molecule has 1 fully saturated rings. The monoisotopic (exact) mass is 478 g/mol. The third-order valence-electron chi connectivity index (χ3n) is 5.03. The highest BCUT2D eigenvalue weighted by molar-refractivity contribution is 8.18. The number of ether oxygens (including phenoxy) is 2. The number of halogens is 1. The number of carbonyl (C=O) groups excluding carboxylic acids is 1. The molecule has 0 aliphatic carbocycles. The molecular formula is C26H23ClN2O3S. The van der Waals surface area contributed by atoms with Gasteiger partial charge in [0.2, 0.25) is 0 Å². The first kappa shape index (κ1) is 23.0. The van der Waals surface area contributed by atoms with Crippen LogP contribution in [0.5, 0.6) is 11.5 Å². The second-order valence-electron chi connectivity index (χ2n) is 7.20. The molecule has 0 unspecified atom stereocenters. The van der Waals surface area contributed by atoms with Crippen molar-refractivity contribution in [3.8, 4) is 11.5 Å². The lowest BCUT2D eigenvalue weighted by Gasteiger charge is -2.12. The van der Waals surface area contributed by atoms with Gasteiger partial charge in [0, 0.05) is 17.1 Å². The number of carbonyl (C=O) groups is 1. The van der Waals surface area contributed by atoms with E-state index in [1.54, 1.807) is 12.0 Å². The van der Waals surface area contributed by atoms with Crippen LogP contribution in [0.3, 0.4) is 0 Å². The van der Waals surface area contributed by atoms with Crippen molar-refractivity contribution in [3.63, 3.8) is 0 Å². The lowest BCUT2D eigenvalue weighted by molar-refractivity contribution is -0.122. The molecule has 5 nitrogen and oxygen atoms in total. The third-order valence-corrected chi connectivity index (χ3v) is 6.41. The van der Waals surface area contributed by atoms with Crippen LogP contribution >= 0.6 is 23.4 Å². The van der Waals surface area contributed by atoms with E-state index in [0.717, 1.165) is 28.3 Å². The molecule has 1 aliphatic heterocycles. The minimum atomic E-state index is -0.0474. The van der Waals surface area contributed by atoms with Crippen molar-refractivity contribution in [1.29, 1.82) is 0 Å². The zero-order valence-corrected chi connectivity index (χ0v) is 19.9. The van der Waals surface area contributed by atoms with Crippen LogP contribution in [0, 0.1) is 0 Å². The fraction of sp³-hybridized carbons (Fsp3) is 0.154. The molecular weight excluding hydrogens is 456 g/mol. The van der Waals surface area contributed by atoms with E-state index in [4.69, 9.17) is 21.1 Å². The van der Waals surface area contributed by atoms with Crippen molar-refractivity contribution < 1.29 is 14.3 Å². The highest BCUT2D eigenvalue weighted by Crippen LogP contribution is 2.34. The van der Waals surface area contributed by atoms with E-state index in [9.17, 15) is 4.79 Å². The van der Waals surface area contributed by atoms with Gasteiger partial charge >= 0.3 is 0 Å². The molecule has 7 heteroatoms. The van der Waals surface area contributed by atoms with Gasteiger partial charge in [-0.2, -0.15) is 0 Å². The maximum absolute atomic E-state index is 12.9. The van der Waals surface area contributed by atoms with Crippen molar-refractivity contribution in [2.24, 2.45) is 4.99 Å². The van der Waals surface area contributed by atoms with Crippen LogP contribution in [0.25, 0.3) is 6.08 Å². The van der Waals surface area contributed by atoms with E-state index in [2.05, 4.69) is 4.99 Å². The second-order valence-corrected chi connectivity index (χ2v) is 8.62. The molecule has 0 atom stereocenters. The van der Waals surface area contributed by atoms with E-state index in [1.807, 2.05) is 85.8 Å². The van der Waals surface area contributed by atoms with Gasteiger partial charge in [0.25, 0.3) is 5.91 Å². The number of amides is 1. The predicted octanol–water partition coefficient (Wildman–Crippen LogP) is 6.55. The van der Waals surface area contributed by atoms with Gasteiger partial charge in [0.1, 0.15) is 18.1 Å². The molecule has 4 rings (SSSR count). The predicted molar refractivity (Wildman–Crippen MR) is 135 cm³/mol. The van der Waals surface area contributed by atoms with E-state index >= 15 is 0 Å². The maximum Gasteiger partial charge on any atom is 0.266 e. The molecule has 168 valence electrons. The summed E-state index contributed by atoms with van der Waals surface area (Å²) < 4.78 is 11.0. The number of likely N-dealkylation sites (N-methyl/N-ethyl adjacent to an activating group) is 1. The van der Waals surface area contributed by atoms with E-state index < -0.39 is 0 Å². The number of nitrogens with zero attached hydrogens (tertiary/aromatic N) is 2. The molecule has 0 bridgehead atoms. The normalized spacial score (nSPS) is 16.0. The quantitative estimate of drug-likeness (QED) is 0.361. The zero-order valence-electron chi connectivity index (χ0n) is 18.3. The summed E-state index contributed by atoms with van der Waals surface area (Å²) in [6.07, 6.45) is 1.88. The number of hydrogen-bond acceptors (Lipinski definition) is 5. The van der Waals surface area contributed by atoms with Crippen molar-refractivity contribution in [1.82, 2.24) is 4.90 Å². The van der Waals surface area contributed by atoms with E-state index in [-0.39, 0.29) is 5.91 Å². The van der Waals surface area contributed by atoms with Crippen molar-refractivity contribution in [2.45, 2.75) is 13.5 Å². The Hall–Kier alpha value is -3.22. The number of methoxy groups -OCH3 is 1. The molecule has 0 spiro atoms. The summed E-state index contributed by atoms with van der Waals surface area (Å²) in [7, 11) is 1.62. The van der Waals surface area contributed by atoms with Gasteiger partial charge in [-0.1, -0.05) is 41.9 Å². The standard InChI is InChI=1S/C26H23ClN2O3S/c1-3-29-25(30)24(33-26(29)28-20-10-14-21(31-2)15-11-20)16-18-8-12-22(13-9-18)32-17-19-6-4-5-7-23(19)27/h4-16H,3,17H2,1-2H3/b24-16+,28-26?. The number of aliphatic imine (C=N–C) groups is 1. The van der Waals surface area contributed by atoms with Gasteiger partial charge in [-0.05, 0) is 72.8 Å². The van der Waals surface area contributed by atoms with Gasteiger partial charge in [0.15, 0.2) is 5.17 Å². The number of hydrogen-bond donors (Lipinski definition) is 0. The number of thioether (sulfide) groups is 1. The van der Waals surface area contributed by atoms with Gasteiger partial charge in [-0.15, -0.1) is 0 Å². The molecule has 0 radical (unpaired) electrons. The van der Waals surface area contributed by atoms with E-state index in [1.165, 1.54) is 11.8 Å². The zero-order chi connectivity index (χ0) is 23.2. The lowest BCUT2D eigenvalue weighted by atomic mass is 10.2. The Morgan fingerprint density at radius 2 is 1.70 bits per heavy atom. The highest BCUT2D eigenvalue weighted by atomic mass is 35.5. The SMILES string of the molecule is CCN1C(=O)/C(=C\c2ccc(OCc3ccccc3Cl)cc2)SC1=Nc1ccc(OC)cc1. The Kier molecular flexibility index (Phi) is 7.37. The average molecular weight is 479 g/mol. The minimum absolute atomic E-state index is 0.0474. The minimum Gasteiger partial charge on any atom is -0.497 e. The van der Waals surface area contributed by atoms with Gasteiger partial charge in [-0.3, -0.25) is 9.69 Å². The number of amidine groups is 1. The molecule has 1 saturated heterocycles. The third kappa shape index (κ3) is 5.59. The molecule has 0 aromatic heterocycles. The Morgan fingerprint density at radius 3 is 2.36 bits per heavy atom. The molecule has 1 amide bonds. The smallest absolute Gasteiger partial charge is 0.266 e. The van der Waals surface area contributed by atoms with Crippen molar-refractivity contribution >= 4 is 46.2 Å². The molecule has 3 aromatic rings. The molecule has 0 N–H and O–H groups in total. The molecule has 0 saturated carbocycles. The summed E-state index contributed by atoms with van der Waals surface area (Å²) in [4.78, 5) is 19.9. The summed E-state index contributed by atoms with van der Waals surface area (Å²) in [5.41, 5.74) is 2.62. The van der Waals surface area contributed by atoms with Crippen molar-refractivity contribution in [2.75, 3.05) is 13.7 Å². The van der Waals surface area contributed by atoms with Crippen LogP contribution in [0.15, 0.2) is 82.7 Å².